The van der Waals surface area contributed by atoms with Crippen LogP contribution >= 0.6 is 0 Å². The first-order chi connectivity index (χ1) is 8.90. The number of rotatable bonds is 6. The molecule has 0 radical (unpaired) electrons. The number of nitriles is 1. The second kappa shape index (κ2) is 6.52. The Morgan fingerprint density at radius 3 is 3.00 bits per heavy atom. The quantitative estimate of drug-likeness (QED) is 0.749. The lowest BCUT2D eigenvalue weighted by molar-refractivity contribution is 0.639. The van der Waals surface area contributed by atoms with Crippen LogP contribution in [0.15, 0.2) is 30.6 Å². The summed E-state index contributed by atoms with van der Waals surface area (Å²) in [5.74, 6) is 0.911. The van der Waals surface area contributed by atoms with Gasteiger partial charge in [-0.15, -0.1) is 0 Å². The van der Waals surface area contributed by atoms with Gasteiger partial charge in [0.2, 0.25) is 0 Å². The maximum atomic E-state index is 8.95. The van der Waals surface area contributed by atoms with Crippen LogP contribution in [0.25, 0.3) is 0 Å². The van der Waals surface area contributed by atoms with E-state index in [0.29, 0.717) is 0 Å². The standard InChI is InChI=1S/C13H15N5/c14-8-11-4-1-2-5-12(11)9-15-7-3-6-13-16-10-17-18-13/h1-2,4-5,10,15H,3,6-7,9H2,(H,16,17,18). The zero-order valence-corrected chi connectivity index (χ0v) is 10.1. The minimum Gasteiger partial charge on any atom is -0.313 e. The third-order valence-electron chi connectivity index (χ3n) is 2.69. The van der Waals surface area contributed by atoms with Crippen LogP contribution in [-0.4, -0.2) is 21.7 Å². The first-order valence-electron chi connectivity index (χ1n) is 5.93. The van der Waals surface area contributed by atoms with E-state index in [1.165, 1.54) is 6.33 Å². The van der Waals surface area contributed by atoms with Crippen molar-refractivity contribution in [2.24, 2.45) is 0 Å². The highest BCUT2D eigenvalue weighted by Crippen LogP contribution is 2.06. The Labute approximate surface area is 106 Å². The van der Waals surface area contributed by atoms with Crippen molar-refractivity contribution in [1.29, 1.82) is 5.26 Å². The topological polar surface area (TPSA) is 77.4 Å². The van der Waals surface area contributed by atoms with Crippen LogP contribution in [0.5, 0.6) is 0 Å². The van der Waals surface area contributed by atoms with Gasteiger partial charge in [0.25, 0.3) is 0 Å². The van der Waals surface area contributed by atoms with E-state index >= 15 is 0 Å². The Hall–Kier alpha value is -2.19. The Morgan fingerprint density at radius 2 is 2.22 bits per heavy atom. The zero-order chi connectivity index (χ0) is 12.6. The molecule has 0 saturated carbocycles. The molecule has 92 valence electrons. The number of hydrogen-bond acceptors (Lipinski definition) is 4. The predicted molar refractivity (Wildman–Crippen MR) is 67.6 cm³/mol. The van der Waals surface area contributed by atoms with Crippen molar-refractivity contribution in [2.45, 2.75) is 19.4 Å². The average Bonchev–Trinajstić information content (AvgIpc) is 2.92. The van der Waals surface area contributed by atoms with E-state index in [4.69, 9.17) is 5.26 Å². The molecule has 0 bridgehead atoms. The molecule has 0 aliphatic carbocycles. The minimum atomic E-state index is 0.722. The van der Waals surface area contributed by atoms with E-state index in [2.05, 4.69) is 26.6 Å². The highest BCUT2D eigenvalue weighted by molar-refractivity contribution is 5.37. The number of aromatic amines is 1. The number of aryl methyl sites for hydroxylation is 1. The smallest absolute Gasteiger partial charge is 0.137 e. The van der Waals surface area contributed by atoms with Crippen molar-refractivity contribution in [3.05, 3.63) is 47.5 Å². The highest BCUT2D eigenvalue weighted by Gasteiger charge is 2.00. The fourth-order valence-corrected chi connectivity index (χ4v) is 1.74. The van der Waals surface area contributed by atoms with Crippen LogP contribution in [0.3, 0.4) is 0 Å². The first kappa shape index (κ1) is 12.3. The van der Waals surface area contributed by atoms with Gasteiger partial charge in [-0.05, 0) is 24.6 Å². The SMILES string of the molecule is N#Cc1ccccc1CNCCCc1ncn[nH]1. The van der Waals surface area contributed by atoms with Gasteiger partial charge in [0.1, 0.15) is 12.2 Å². The van der Waals surface area contributed by atoms with Crippen molar-refractivity contribution >= 4 is 0 Å². The van der Waals surface area contributed by atoms with E-state index in [0.717, 1.165) is 42.9 Å². The molecular weight excluding hydrogens is 226 g/mol. The van der Waals surface area contributed by atoms with Gasteiger partial charge in [0, 0.05) is 13.0 Å². The molecule has 5 nitrogen and oxygen atoms in total. The molecule has 2 aromatic rings. The molecule has 18 heavy (non-hydrogen) atoms. The lowest BCUT2D eigenvalue weighted by Gasteiger charge is -2.05. The number of nitrogens with zero attached hydrogens (tertiary/aromatic N) is 3. The summed E-state index contributed by atoms with van der Waals surface area (Å²) in [5, 5.41) is 18.9. The van der Waals surface area contributed by atoms with Crippen molar-refractivity contribution < 1.29 is 0 Å². The molecule has 1 aromatic carbocycles. The average molecular weight is 241 g/mol. The van der Waals surface area contributed by atoms with Gasteiger partial charge in [-0.1, -0.05) is 18.2 Å². The molecule has 0 atom stereocenters. The van der Waals surface area contributed by atoms with E-state index in [-0.39, 0.29) is 0 Å². The maximum Gasteiger partial charge on any atom is 0.137 e. The van der Waals surface area contributed by atoms with Crippen LogP contribution < -0.4 is 5.32 Å². The third-order valence-corrected chi connectivity index (χ3v) is 2.69. The summed E-state index contributed by atoms with van der Waals surface area (Å²) in [6.07, 6.45) is 3.39. The second-order valence-corrected chi connectivity index (χ2v) is 3.98. The Kier molecular flexibility index (Phi) is 4.45. The normalized spacial score (nSPS) is 10.2. The molecule has 0 spiro atoms. The summed E-state index contributed by atoms with van der Waals surface area (Å²) in [5.41, 5.74) is 1.78. The van der Waals surface area contributed by atoms with Crippen LogP contribution in [-0.2, 0) is 13.0 Å². The molecule has 0 fully saturated rings. The van der Waals surface area contributed by atoms with Gasteiger partial charge in [-0.25, -0.2) is 4.98 Å². The monoisotopic (exact) mass is 241 g/mol. The number of hydrogen-bond donors (Lipinski definition) is 2. The van der Waals surface area contributed by atoms with E-state index in [1.807, 2.05) is 24.3 Å². The fourth-order valence-electron chi connectivity index (χ4n) is 1.74. The van der Waals surface area contributed by atoms with Gasteiger partial charge in [-0.3, -0.25) is 5.10 Å². The van der Waals surface area contributed by atoms with Crippen molar-refractivity contribution in [3.63, 3.8) is 0 Å². The summed E-state index contributed by atoms with van der Waals surface area (Å²) < 4.78 is 0. The molecule has 0 aliphatic heterocycles. The molecule has 2 rings (SSSR count). The lowest BCUT2D eigenvalue weighted by Crippen LogP contribution is -2.16. The molecule has 0 saturated heterocycles. The van der Waals surface area contributed by atoms with E-state index in [1.54, 1.807) is 0 Å². The highest BCUT2D eigenvalue weighted by atomic mass is 15.2. The Balaban J connectivity index is 1.71. The number of aromatic nitrogens is 3. The predicted octanol–water partition coefficient (Wildman–Crippen LogP) is 1.40. The summed E-state index contributed by atoms with van der Waals surface area (Å²) in [6, 6.07) is 9.84. The molecule has 0 amide bonds. The van der Waals surface area contributed by atoms with Crippen molar-refractivity contribution in [2.75, 3.05) is 6.54 Å². The summed E-state index contributed by atoms with van der Waals surface area (Å²) >= 11 is 0. The van der Waals surface area contributed by atoms with Gasteiger partial charge >= 0.3 is 0 Å². The summed E-state index contributed by atoms with van der Waals surface area (Å²) in [4.78, 5) is 4.06. The van der Waals surface area contributed by atoms with Gasteiger partial charge < -0.3 is 5.32 Å². The zero-order valence-electron chi connectivity index (χ0n) is 10.1. The molecule has 0 aliphatic rings. The van der Waals surface area contributed by atoms with Gasteiger partial charge in [0.05, 0.1) is 11.6 Å². The maximum absolute atomic E-state index is 8.95. The van der Waals surface area contributed by atoms with Crippen LogP contribution in [0.4, 0.5) is 0 Å². The second-order valence-electron chi connectivity index (χ2n) is 3.98. The largest absolute Gasteiger partial charge is 0.313 e. The summed E-state index contributed by atoms with van der Waals surface area (Å²) in [6.45, 7) is 1.61. The minimum absolute atomic E-state index is 0.722. The number of benzene rings is 1. The molecule has 2 N–H and O–H groups in total. The number of H-pyrrole nitrogens is 1. The van der Waals surface area contributed by atoms with E-state index < -0.39 is 0 Å². The van der Waals surface area contributed by atoms with Crippen molar-refractivity contribution in [1.82, 2.24) is 20.5 Å². The molecule has 1 aromatic heterocycles. The lowest BCUT2D eigenvalue weighted by atomic mass is 10.1. The number of nitrogens with one attached hydrogen (secondary N) is 2. The van der Waals surface area contributed by atoms with Gasteiger partial charge in [-0.2, -0.15) is 10.4 Å². The van der Waals surface area contributed by atoms with Crippen LogP contribution in [0, 0.1) is 11.3 Å². The van der Waals surface area contributed by atoms with Crippen LogP contribution in [0.1, 0.15) is 23.4 Å². The first-order valence-corrected chi connectivity index (χ1v) is 5.93. The van der Waals surface area contributed by atoms with Crippen LogP contribution in [0.2, 0.25) is 0 Å². The van der Waals surface area contributed by atoms with E-state index in [9.17, 15) is 0 Å². The third kappa shape index (κ3) is 3.40. The van der Waals surface area contributed by atoms with Crippen molar-refractivity contribution in [3.8, 4) is 6.07 Å². The molecular formula is C13H15N5. The Morgan fingerprint density at radius 1 is 1.33 bits per heavy atom. The van der Waals surface area contributed by atoms with Gasteiger partial charge in [0.15, 0.2) is 0 Å². The summed E-state index contributed by atoms with van der Waals surface area (Å²) in [7, 11) is 0. The Bertz CT molecular complexity index is 512. The molecule has 5 heteroatoms. The molecule has 1 heterocycles. The molecule has 0 unspecified atom stereocenters. The fraction of sp³-hybridized carbons (Fsp3) is 0.308.